The zero-order valence-electron chi connectivity index (χ0n) is 9.11. The van der Waals surface area contributed by atoms with E-state index >= 15 is 0 Å². The van der Waals surface area contributed by atoms with Crippen molar-refractivity contribution in [2.45, 2.75) is 6.92 Å². The predicted octanol–water partition coefficient (Wildman–Crippen LogP) is 2.13. The maximum absolute atomic E-state index is 13.4. The molecule has 96 valence electrons. The molecule has 0 aliphatic rings. The van der Waals surface area contributed by atoms with Crippen molar-refractivity contribution >= 4 is 29.0 Å². The summed E-state index contributed by atoms with van der Waals surface area (Å²) in [7, 11) is 0. The number of hydrogen-bond acceptors (Lipinski definition) is 5. The molecule has 0 amide bonds. The van der Waals surface area contributed by atoms with E-state index in [-0.39, 0.29) is 6.61 Å². The molecular weight excluding hydrogens is 269 g/mol. The molecule has 1 rings (SSSR count). The van der Waals surface area contributed by atoms with Gasteiger partial charge in [-0.15, -0.1) is 0 Å². The normalized spacial score (nSPS) is 9.94. The summed E-state index contributed by atoms with van der Waals surface area (Å²) in [5.41, 5.74) is -1.41. The molecule has 1 aromatic rings. The highest BCUT2D eigenvalue weighted by Gasteiger charge is 2.26. The molecule has 0 aromatic heterocycles. The molecule has 0 unspecified atom stereocenters. The van der Waals surface area contributed by atoms with Crippen molar-refractivity contribution in [1.82, 2.24) is 0 Å². The van der Waals surface area contributed by atoms with Crippen LogP contribution in [0.15, 0.2) is 12.1 Å². The number of Topliss-reactive ketones (excluding diaryl/α,β-unsaturated/α-hetero) is 1. The van der Waals surface area contributed by atoms with E-state index in [9.17, 15) is 24.1 Å². The highest BCUT2D eigenvalue weighted by molar-refractivity contribution is 6.41. The summed E-state index contributed by atoms with van der Waals surface area (Å²) in [4.78, 5) is 32.3. The fourth-order valence-corrected chi connectivity index (χ4v) is 1.38. The van der Waals surface area contributed by atoms with Crippen LogP contribution in [0.2, 0.25) is 5.02 Å². The number of ether oxygens (including phenoxy) is 1. The Morgan fingerprint density at radius 2 is 2.11 bits per heavy atom. The minimum absolute atomic E-state index is 0.0676. The van der Waals surface area contributed by atoms with Crippen molar-refractivity contribution in [2.24, 2.45) is 0 Å². The number of benzene rings is 1. The zero-order chi connectivity index (χ0) is 13.9. The lowest BCUT2D eigenvalue weighted by Crippen LogP contribution is -2.19. The van der Waals surface area contributed by atoms with Gasteiger partial charge in [0.25, 0.3) is 11.5 Å². The van der Waals surface area contributed by atoms with Crippen molar-refractivity contribution in [3.05, 3.63) is 38.7 Å². The number of rotatable bonds is 4. The number of hydrogen-bond donors (Lipinski definition) is 0. The largest absolute Gasteiger partial charge is 0.460 e. The molecule has 0 N–H and O–H groups in total. The van der Waals surface area contributed by atoms with Crippen molar-refractivity contribution in [2.75, 3.05) is 6.61 Å². The van der Waals surface area contributed by atoms with Gasteiger partial charge in [0.05, 0.1) is 17.1 Å². The van der Waals surface area contributed by atoms with Crippen LogP contribution < -0.4 is 0 Å². The van der Waals surface area contributed by atoms with Gasteiger partial charge in [0, 0.05) is 12.1 Å². The molecule has 0 radical (unpaired) electrons. The molecule has 0 saturated heterocycles. The van der Waals surface area contributed by atoms with Crippen molar-refractivity contribution in [3.63, 3.8) is 0 Å². The molecule has 0 spiro atoms. The molecular formula is C10H7ClFNO5. The quantitative estimate of drug-likeness (QED) is 0.276. The van der Waals surface area contributed by atoms with Gasteiger partial charge in [-0.3, -0.25) is 14.9 Å². The molecule has 0 aliphatic heterocycles. The third kappa shape index (κ3) is 2.80. The van der Waals surface area contributed by atoms with E-state index in [1.165, 1.54) is 6.92 Å². The third-order valence-electron chi connectivity index (χ3n) is 1.94. The Morgan fingerprint density at radius 3 is 2.61 bits per heavy atom. The van der Waals surface area contributed by atoms with Gasteiger partial charge in [0.2, 0.25) is 0 Å². The Hall–Kier alpha value is -2.02. The van der Waals surface area contributed by atoms with Crippen LogP contribution in [-0.4, -0.2) is 23.3 Å². The van der Waals surface area contributed by atoms with Crippen molar-refractivity contribution in [3.8, 4) is 0 Å². The first kappa shape index (κ1) is 14.0. The second-order valence-corrected chi connectivity index (χ2v) is 3.50. The maximum atomic E-state index is 13.4. The SMILES string of the molecule is CCOC(=O)C(=O)c1cc([N+](=O)[O-])c(Cl)cc1F. The van der Waals surface area contributed by atoms with Gasteiger partial charge < -0.3 is 4.74 Å². The number of halogens is 2. The molecule has 6 nitrogen and oxygen atoms in total. The summed E-state index contributed by atoms with van der Waals surface area (Å²) < 4.78 is 17.8. The van der Waals surface area contributed by atoms with E-state index in [2.05, 4.69) is 4.74 Å². The fourth-order valence-electron chi connectivity index (χ4n) is 1.16. The number of ketones is 1. The van der Waals surface area contributed by atoms with Gasteiger partial charge in [0.1, 0.15) is 10.8 Å². The molecule has 0 heterocycles. The number of esters is 1. The van der Waals surface area contributed by atoms with Crippen LogP contribution >= 0.6 is 11.6 Å². The molecule has 0 atom stereocenters. The Balaban J connectivity index is 3.24. The van der Waals surface area contributed by atoms with Crippen molar-refractivity contribution in [1.29, 1.82) is 0 Å². The number of nitrogens with zero attached hydrogens (tertiary/aromatic N) is 1. The summed E-state index contributed by atoms with van der Waals surface area (Å²) >= 11 is 5.43. The monoisotopic (exact) mass is 275 g/mol. The lowest BCUT2D eigenvalue weighted by atomic mass is 10.1. The van der Waals surface area contributed by atoms with Gasteiger partial charge in [-0.2, -0.15) is 0 Å². The summed E-state index contributed by atoms with van der Waals surface area (Å²) in [6.45, 7) is 1.40. The lowest BCUT2D eigenvalue weighted by Gasteiger charge is -2.03. The fraction of sp³-hybridized carbons (Fsp3) is 0.200. The molecule has 8 heteroatoms. The minimum atomic E-state index is -1.30. The predicted molar refractivity (Wildman–Crippen MR) is 59.0 cm³/mol. The van der Waals surface area contributed by atoms with E-state index in [4.69, 9.17) is 11.6 Å². The number of carbonyl (C=O) groups excluding carboxylic acids is 2. The molecule has 0 bridgehead atoms. The molecule has 0 fully saturated rings. The van der Waals surface area contributed by atoms with Gasteiger partial charge in [-0.25, -0.2) is 9.18 Å². The first-order valence-electron chi connectivity index (χ1n) is 4.73. The van der Waals surface area contributed by atoms with E-state index in [0.717, 1.165) is 0 Å². The average Bonchev–Trinajstić information content (AvgIpc) is 2.28. The van der Waals surface area contributed by atoms with E-state index in [1.54, 1.807) is 0 Å². The van der Waals surface area contributed by atoms with Crippen molar-refractivity contribution < 1.29 is 23.6 Å². The lowest BCUT2D eigenvalue weighted by molar-refractivity contribution is -0.384. The summed E-state index contributed by atoms with van der Waals surface area (Å²) in [6.07, 6.45) is 0. The third-order valence-corrected chi connectivity index (χ3v) is 2.24. The Bertz CT molecular complexity index is 531. The second-order valence-electron chi connectivity index (χ2n) is 3.09. The van der Waals surface area contributed by atoms with E-state index in [0.29, 0.717) is 12.1 Å². The molecule has 0 aliphatic carbocycles. The first-order chi connectivity index (χ1) is 8.38. The van der Waals surface area contributed by atoms with Gasteiger partial charge in [0.15, 0.2) is 0 Å². The Kier molecular flexibility index (Phi) is 4.33. The number of carbonyl (C=O) groups is 2. The highest BCUT2D eigenvalue weighted by atomic mass is 35.5. The number of nitro benzene ring substituents is 1. The zero-order valence-corrected chi connectivity index (χ0v) is 9.86. The number of nitro groups is 1. The molecule has 18 heavy (non-hydrogen) atoms. The maximum Gasteiger partial charge on any atom is 0.379 e. The highest BCUT2D eigenvalue weighted by Crippen LogP contribution is 2.27. The van der Waals surface area contributed by atoms with Crippen LogP contribution in [0.5, 0.6) is 0 Å². The summed E-state index contributed by atoms with van der Waals surface area (Å²) in [5.74, 6) is -3.70. The topological polar surface area (TPSA) is 86.5 Å². The van der Waals surface area contributed by atoms with Gasteiger partial charge >= 0.3 is 5.97 Å². The average molecular weight is 276 g/mol. The van der Waals surface area contributed by atoms with Crippen LogP contribution in [0.4, 0.5) is 10.1 Å². The Morgan fingerprint density at radius 1 is 1.50 bits per heavy atom. The smallest absolute Gasteiger partial charge is 0.379 e. The van der Waals surface area contributed by atoms with Crippen LogP contribution in [0.3, 0.4) is 0 Å². The Labute approximate surface area is 105 Å². The van der Waals surface area contributed by atoms with Gasteiger partial charge in [-0.1, -0.05) is 11.6 Å². The molecule has 0 saturated carbocycles. The summed E-state index contributed by atoms with van der Waals surface area (Å²) in [6, 6.07) is 1.21. The summed E-state index contributed by atoms with van der Waals surface area (Å²) in [5, 5.41) is 10.1. The van der Waals surface area contributed by atoms with Gasteiger partial charge in [-0.05, 0) is 6.92 Å². The van der Waals surface area contributed by atoms with E-state index < -0.39 is 38.8 Å². The second kappa shape index (κ2) is 5.54. The minimum Gasteiger partial charge on any atom is -0.460 e. The standard InChI is InChI=1S/C10H7ClFNO5/c1-2-18-10(15)9(14)5-3-8(13(16)17)6(11)4-7(5)12/h3-4H,2H2,1H3. The van der Waals surface area contributed by atoms with Crippen LogP contribution in [0, 0.1) is 15.9 Å². The van der Waals surface area contributed by atoms with Crippen LogP contribution in [0.25, 0.3) is 0 Å². The van der Waals surface area contributed by atoms with Crippen LogP contribution in [0.1, 0.15) is 17.3 Å². The first-order valence-corrected chi connectivity index (χ1v) is 5.11. The molecule has 1 aromatic carbocycles. The van der Waals surface area contributed by atoms with E-state index in [1.807, 2.05) is 0 Å². The van der Waals surface area contributed by atoms with Crippen LogP contribution in [-0.2, 0) is 9.53 Å².